The number of aromatic nitrogens is 2. The molecular formula is C23H19ClN4O3. The van der Waals surface area contributed by atoms with Gasteiger partial charge < -0.3 is 9.64 Å². The van der Waals surface area contributed by atoms with Crippen molar-refractivity contribution in [3.05, 3.63) is 83.6 Å². The molecule has 0 aliphatic heterocycles. The van der Waals surface area contributed by atoms with E-state index in [1.54, 1.807) is 71.3 Å². The van der Waals surface area contributed by atoms with E-state index in [-0.39, 0.29) is 5.91 Å². The third-order valence-electron chi connectivity index (χ3n) is 4.91. The number of hydrogen-bond acceptors (Lipinski definition) is 4. The summed E-state index contributed by atoms with van der Waals surface area (Å²) < 4.78 is 6.32. The molecule has 4 aromatic rings. The van der Waals surface area contributed by atoms with Crippen LogP contribution >= 0.6 is 11.6 Å². The van der Waals surface area contributed by atoms with E-state index >= 15 is 0 Å². The first kappa shape index (κ1) is 20.4. The van der Waals surface area contributed by atoms with Crippen molar-refractivity contribution < 1.29 is 14.3 Å². The topological polar surface area (TPSA) is 75.9 Å². The van der Waals surface area contributed by atoms with E-state index in [1.165, 1.54) is 7.11 Å². The highest BCUT2D eigenvalue weighted by molar-refractivity contribution is 6.30. The summed E-state index contributed by atoms with van der Waals surface area (Å²) in [6.07, 6.45) is 2.97. The van der Waals surface area contributed by atoms with Crippen molar-refractivity contribution in [3.63, 3.8) is 0 Å². The second-order valence-corrected chi connectivity index (χ2v) is 7.27. The Kier molecular flexibility index (Phi) is 5.60. The van der Waals surface area contributed by atoms with E-state index < -0.39 is 6.09 Å². The van der Waals surface area contributed by atoms with Crippen molar-refractivity contribution in [1.82, 2.24) is 9.61 Å². The van der Waals surface area contributed by atoms with Gasteiger partial charge in [-0.2, -0.15) is 5.10 Å². The standard InChI is InChI=1S/C23H19ClN4O3/c1-27(19-9-5-17(24)6-10-19)22(29)16-11-12-28-21(13-16)20(14-25-28)15-3-7-18(8-4-15)26-23(30)31-2/h3-14H,1-2H3,(H,26,30). The van der Waals surface area contributed by atoms with Gasteiger partial charge in [0.1, 0.15) is 0 Å². The van der Waals surface area contributed by atoms with Crippen molar-refractivity contribution in [1.29, 1.82) is 0 Å². The van der Waals surface area contributed by atoms with Gasteiger partial charge in [-0.25, -0.2) is 9.31 Å². The van der Waals surface area contributed by atoms with Crippen LogP contribution in [-0.4, -0.2) is 35.8 Å². The quantitative estimate of drug-likeness (QED) is 0.484. The summed E-state index contributed by atoms with van der Waals surface area (Å²) in [5.41, 5.74) is 4.47. The molecule has 1 N–H and O–H groups in total. The molecule has 0 bridgehead atoms. The summed E-state index contributed by atoms with van der Waals surface area (Å²) in [5.74, 6) is -0.144. The Morgan fingerprint density at radius 3 is 2.45 bits per heavy atom. The molecule has 4 rings (SSSR count). The van der Waals surface area contributed by atoms with Gasteiger partial charge in [0.25, 0.3) is 5.91 Å². The van der Waals surface area contributed by atoms with Gasteiger partial charge in [-0.15, -0.1) is 0 Å². The van der Waals surface area contributed by atoms with Crippen LogP contribution in [0.25, 0.3) is 16.6 Å². The molecule has 0 saturated carbocycles. The third kappa shape index (κ3) is 4.22. The van der Waals surface area contributed by atoms with Crippen molar-refractivity contribution in [2.75, 3.05) is 24.4 Å². The lowest BCUT2D eigenvalue weighted by atomic mass is 10.1. The van der Waals surface area contributed by atoms with Gasteiger partial charge in [-0.3, -0.25) is 10.1 Å². The maximum absolute atomic E-state index is 13.0. The number of nitrogens with zero attached hydrogens (tertiary/aromatic N) is 3. The second kappa shape index (κ2) is 8.49. The number of hydrogen-bond donors (Lipinski definition) is 1. The smallest absolute Gasteiger partial charge is 0.411 e. The molecule has 0 saturated heterocycles. The van der Waals surface area contributed by atoms with Crippen LogP contribution in [0.1, 0.15) is 10.4 Å². The number of benzene rings is 2. The maximum atomic E-state index is 13.0. The Morgan fingerprint density at radius 1 is 1.06 bits per heavy atom. The largest absolute Gasteiger partial charge is 0.453 e. The monoisotopic (exact) mass is 434 g/mol. The summed E-state index contributed by atoms with van der Waals surface area (Å²) in [5, 5.41) is 7.61. The molecular weight excluding hydrogens is 416 g/mol. The number of fused-ring (bicyclic) bond motifs is 1. The first-order chi connectivity index (χ1) is 15.0. The van der Waals surface area contributed by atoms with Gasteiger partial charge in [0.15, 0.2) is 0 Å². The minimum absolute atomic E-state index is 0.144. The highest BCUT2D eigenvalue weighted by atomic mass is 35.5. The molecule has 0 radical (unpaired) electrons. The van der Waals surface area contributed by atoms with Crippen LogP contribution in [0.2, 0.25) is 5.02 Å². The number of pyridine rings is 1. The summed E-state index contributed by atoms with van der Waals surface area (Å²) in [6, 6.07) is 17.9. The minimum atomic E-state index is -0.531. The Bertz CT molecular complexity index is 1250. The zero-order valence-corrected chi connectivity index (χ0v) is 17.6. The fourth-order valence-corrected chi connectivity index (χ4v) is 3.34. The number of amides is 2. The molecule has 0 aliphatic carbocycles. The summed E-state index contributed by atoms with van der Waals surface area (Å²) in [6.45, 7) is 0. The van der Waals surface area contributed by atoms with E-state index in [1.807, 2.05) is 18.2 Å². The molecule has 8 heteroatoms. The first-order valence-corrected chi connectivity index (χ1v) is 9.80. The number of ether oxygens (including phenoxy) is 1. The molecule has 0 aliphatic rings. The van der Waals surface area contributed by atoms with Gasteiger partial charge in [0.05, 0.1) is 18.8 Å². The van der Waals surface area contributed by atoms with E-state index in [0.29, 0.717) is 16.3 Å². The minimum Gasteiger partial charge on any atom is -0.453 e. The number of carbonyl (C=O) groups excluding carboxylic acids is 2. The number of halogens is 1. The van der Waals surface area contributed by atoms with Crippen LogP contribution in [0.3, 0.4) is 0 Å². The average Bonchev–Trinajstić information content (AvgIpc) is 3.22. The van der Waals surface area contributed by atoms with Gasteiger partial charge >= 0.3 is 6.09 Å². The molecule has 2 amide bonds. The van der Waals surface area contributed by atoms with Crippen molar-refractivity contribution in [2.45, 2.75) is 0 Å². The molecule has 0 unspecified atom stereocenters. The fourth-order valence-electron chi connectivity index (χ4n) is 3.21. The molecule has 156 valence electrons. The molecule has 0 fully saturated rings. The number of rotatable bonds is 4. The van der Waals surface area contributed by atoms with Gasteiger partial charge in [-0.1, -0.05) is 23.7 Å². The predicted octanol–water partition coefficient (Wildman–Crippen LogP) is 5.11. The van der Waals surface area contributed by atoms with Gasteiger partial charge in [0, 0.05) is 40.8 Å². The number of nitrogens with one attached hydrogen (secondary N) is 1. The molecule has 0 spiro atoms. The summed E-state index contributed by atoms with van der Waals surface area (Å²) in [4.78, 5) is 26.0. The lowest BCUT2D eigenvalue weighted by Crippen LogP contribution is -2.26. The van der Waals surface area contributed by atoms with Crippen molar-refractivity contribution in [2.24, 2.45) is 0 Å². The zero-order chi connectivity index (χ0) is 22.0. The Hall–Kier alpha value is -3.84. The molecule has 2 aromatic heterocycles. The van der Waals surface area contributed by atoms with Crippen LogP contribution in [0.4, 0.5) is 16.2 Å². The normalized spacial score (nSPS) is 10.7. The Labute approximate surface area is 183 Å². The average molecular weight is 435 g/mol. The Morgan fingerprint density at radius 2 is 1.77 bits per heavy atom. The molecule has 2 heterocycles. The third-order valence-corrected chi connectivity index (χ3v) is 5.17. The van der Waals surface area contributed by atoms with Gasteiger partial charge in [-0.05, 0) is 54.1 Å². The van der Waals surface area contributed by atoms with Crippen LogP contribution in [0.15, 0.2) is 73.1 Å². The maximum Gasteiger partial charge on any atom is 0.411 e. The van der Waals surface area contributed by atoms with E-state index in [9.17, 15) is 9.59 Å². The van der Waals surface area contributed by atoms with Crippen LogP contribution in [-0.2, 0) is 4.74 Å². The first-order valence-electron chi connectivity index (χ1n) is 9.42. The molecule has 0 atom stereocenters. The van der Waals surface area contributed by atoms with Crippen LogP contribution < -0.4 is 10.2 Å². The zero-order valence-electron chi connectivity index (χ0n) is 16.9. The number of methoxy groups -OCH3 is 1. The lowest BCUT2D eigenvalue weighted by molar-refractivity contribution is 0.0993. The number of anilines is 2. The van der Waals surface area contributed by atoms with Crippen molar-refractivity contribution in [3.8, 4) is 11.1 Å². The van der Waals surface area contributed by atoms with E-state index in [4.69, 9.17) is 11.6 Å². The van der Waals surface area contributed by atoms with Crippen molar-refractivity contribution >= 4 is 40.5 Å². The highest BCUT2D eigenvalue weighted by Crippen LogP contribution is 2.27. The summed E-state index contributed by atoms with van der Waals surface area (Å²) in [7, 11) is 3.03. The molecule has 7 nitrogen and oxygen atoms in total. The Balaban J connectivity index is 1.64. The number of carbonyl (C=O) groups is 2. The SMILES string of the molecule is COC(=O)Nc1ccc(-c2cnn3ccc(C(=O)N(C)c4ccc(Cl)cc4)cc23)cc1. The molecule has 31 heavy (non-hydrogen) atoms. The highest BCUT2D eigenvalue weighted by Gasteiger charge is 2.16. The van der Waals surface area contributed by atoms with Crippen LogP contribution in [0, 0.1) is 0 Å². The van der Waals surface area contributed by atoms with Gasteiger partial charge in [0.2, 0.25) is 0 Å². The van der Waals surface area contributed by atoms with E-state index in [0.717, 1.165) is 22.3 Å². The molecule has 2 aromatic carbocycles. The predicted molar refractivity (Wildman–Crippen MR) is 121 cm³/mol. The second-order valence-electron chi connectivity index (χ2n) is 6.84. The van der Waals surface area contributed by atoms with Crippen LogP contribution in [0.5, 0.6) is 0 Å². The van der Waals surface area contributed by atoms with E-state index in [2.05, 4.69) is 15.2 Å². The summed E-state index contributed by atoms with van der Waals surface area (Å²) >= 11 is 5.94. The lowest BCUT2D eigenvalue weighted by Gasteiger charge is -2.17. The fraction of sp³-hybridized carbons (Fsp3) is 0.0870.